The van der Waals surface area contributed by atoms with Crippen LogP contribution in [0.4, 0.5) is 18.9 Å². The highest BCUT2D eigenvalue weighted by Gasteiger charge is 2.29. The molecule has 0 aliphatic rings. The van der Waals surface area contributed by atoms with E-state index in [0.29, 0.717) is 0 Å². The second kappa shape index (κ2) is 5.78. The molecular formula is C13H14F3N3S. The molecule has 1 aromatic carbocycles. The molecule has 0 spiro atoms. The van der Waals surface area contributed by atoms with Gasteiger partial charge in [0.25, 0.3) is 0 Å². The topological polar surface area (TPSA) is 29.9 Å². The maximum Gasteiger partial charge on any atom is 0.446 e. The number of nitrogens with zero attached hydrogens (tertiary/aromatic N) is 2. The molecule has 0 bridgehead atoms. The summed E-state index contributed by atoms with van der Waals surface area (Å²) in [5, 5.41) is 7.30. The van der Waals surface area contributed by atoms with E-state index in [4.69, 9.17) is 0 Å². The van der Waals surface area contributed by atoms with Gasteiger partial charge in [-0.2, -0.15) is 18.3 Å². The molecule has 0 amide bonds. The number of hydrogen-bond acceptors (Lipinski definition) is 3. The minimum atomic E-state index is -4.25. The van der Waals surface area contributed by atoms with Crippen molar-refractivity contribution in [2.75, 3.05) is 5.32 Å². The lowest BCUT2D eigenvalue weighted by molar-refractivity contribution is -0.0328. The summed E-state index contributed by atoms with van der Waals surface area (Å²) in [6.07, 6.45) is 3.65. The molecule has 7 heteroatoms. The number of halogens is 3. The molecule has 0 aliphatic heterocycles. The number of rotatable bonds is 4. The fourth-order valence-corrected chi connectivity index (χ4v) is 2.29. The minimum absolute atomic E-state index is 0.0322. The monoisotopic (exact) mass is 301 g/mol. The van der Waals surface area contributed by atoms with Gasteiger partial charge in [0.05, 0.1) is 12.2 Å². The minimum Gasteiger partial charge on any atom is -0.378 e. The van der Waals surface area contributed by atoms with Crippen LogP contribution in [0.1, 0.15) is 18.5 Å². The van der Waals surface area contributed by atoms with Crippen molar-refractivity contribution in [3.63, 3.8) is 0 Å². The molecule has 0 saturated heterocycles. The summed E-state index contributed by atoms with van der Waals surface area (Å²) < 4.78 is 38.3. The maximum absolute atomic E-state index is 12.2. The van der Waals surface area contributed by atoms with E-state index < -0.39 is 5.51 Å². The number of benzene rings is 1. The Balaban J connectivity index is 2.00. The Kier molecular flexibility index (Phi) is 4.27. The second-order valence-electron chi connectivity index (χ2n) is 4.39. The van der Waals surface area contributed by atoms with Crippen LogP contribution < -0.4 is 5.32 Å². The summed E-state index contributed by atoms with van der Waals surface area (Å²) >= 11 is -0.113. The lowest BCUT2D eigenvalue weighted by Crippen LogP contribution is -2.05. The first-order chi connectivity index (χ1) is 9.33. The van der Waals surface area contributed by atoms with Crippen LogP contribution in [0.5, 0.6) is 0 Å². The lowest BCUT2D eigenvalue weighted by atomic mass is 10.2. The number of alkyl halides is 3. The Hall–Kier alpha value is -1.63. The number of aromatic nitrogens is 2. The fourth-order valence-electron chi connectivity index (χ4n) is 1.75. The molecule has 1 heterocycles. The average Bonchev–Trinajstić information content (AvgIpc) is 2.77. The van der Waals surface area contributed by atoms with Crippen molar-refractivity contribution in [3.05, 3.63) is 42.2 Å². The van der Waals surface area contributed by atoms with Crippen LogP contribution in [-0.4, -0.2) is 15.3 Å². The quantitative estimate of drug-likeness (QED) is 0.858. The largest absolute Gasteiger partial charge is 0.446 e. The number of nitrogens with one attached hydrogen (secondary N) is 1. The van der Waals surface area contributed by atoms with Crippen molar-refractivity contribution in [2.45, 2.75) is 23.4 Å². The van der Waals surface area contributed by atoms with Crippen LogP contribution in [0, 0.1) is 0 Å². The van der Waals surface area contributed by atoms with Crippen LogP contribution in [0.15, 0.2) is 41.6 Å². The van der Waals surface area contributed by atoms with Gasteiger partial charge in [0.2, 0.25) is 0 Å². The number of aryl methyl sites for hydroxylation is 1. The van der Waals surface area contributed by atoms with Crippen LogP contribution in [-0.2, 0) is 7.05 Å². The van der Waals surface area contributed by atoms with Crippen molar-refractivity contribution < 1.29 is 13.2 Å². The molecular weight excluding hydrogens is 287 g/mol. The van der Waals surface area contributed by atoms with E-state index in [9.17, 15) is 13.2 Å². The molecule has 20 heavy (non-hydrogen) atoms. The lowest BCUT2D eigenvalue weighted by Gasteiger charge is -2.14. The van der Waals surface area contributed by atoms with Crippen molar-refractivity contribution in [1.82, 2.24) is 9.78 Å². The summed E-state index contributed by atoms with van der Waals surface area (Å²) in [4.78, 5) is 0.178. The molecule has 3 nitrogen and oxygen atoms in total. The molecule has 108 valence electrons. The first kappa shape index (κ1) is 14.8. The molecule has 1 N–H and O–H groups in total. The van der Waals surface area contributed by atoms with Crippen molar-refractivity contribution >= 4 is 17.4 Å². The molecule has 0 aliphatic carbocycles. The highest BCUT2D eigenvalue weighted by Crippen LogP contribution is 2.37. The van der Waals surface area contributed by atoms with Gasteiger partial charge >= 0.3 is 5.51 Å². The number of hydrogen-bond donors (Lipinski definition) is 1. The van der Waals surface area contributed by atoms with E-state index in [0.717, 1.165) is 11.3 Å². The molecule has 1 unspecified atom stereocenters. The Morgan fingerprint density at radius 3 is 2.40 bits per heavy atom. The smallest absolute Gasteiger partial charge is 0.378 e. The van der Waals surface area contributed by atoms with Crippen molar-refractivity contribution in [1.29, 1.82) is 0 Å². The number of thioether (sulfide) groups is 1. The van der Waals surface area contributed by atoms with Crippen LogP contribution in [0.3, 0.4) is 0 Å². The van der Waals surface area contributed by atoms with Crippen molar-refractivity contribution in [3.8, 4) is 0 Å². The van der Waals surface area contributed by atoms with Gasteiger partial charge < -0.3 is 5.32 Å². The molecule has 0 fully saturated rings. The van der Waals surface area contributed by atoms with Gasteiger partial charge in [-0.3, -0.25) is 4.68 Å². The van der Waals surface area contributed by atoms with E-state index >= 15 is 0 Å². The Morgan fingerprint density at radius 1 is 1.25 bits per heavy atom. The van der Waals surface area contributed by atoms with Crippen LogP contribution >= 0.6 is 11.8 Å². The predicted octanol–water partition coefficient (Wildman–Crippen LogP) is 4.21. The zero-order chi connectivity index (χ0) is 14.8. The standard InChI is InChI=1S/C13H14F3N3S/c1-9(10-7-17-19(2)8-10)18-11-3-5-12(6-4-11)20-13(14,15)16/h3-9,18H,1-2H3. The van der Waals surface area contributed by atoms with Gasteiger partial charge in [-0.15, -0.1) is 0 Å². The third-order valence-electron chi connectivity index (χ3n) is 2.70. The van der Waals surface area contributed by atoms with E-state index in [1.807, 2.05) is 20.2 Å². The average molecular weight is 301 g/mol. The van der Waals surface area contributed by atoms with Crippen molar-refractivity contribution in [2.24, 2.45) is 7.05 Å². The van der Waals surface area contributed by atoms with Gasteiger partial charge in [0, 0.05) is 29.4 Å². The Bertz CT molecular complexity index is 563. The van der Waals surface area contributed by atoms with Gasteiger partial charge in [0.1, 0.15) is 0 Å². The van der Waals surface area contributed by atoms with Gasteiger partial charge in [-0.25, -0.2) is 0 Å². The van der Waals surface area contributed by atoms with E-state index in [-0.39, 0.29) is 22.7 Å². The summed E-state index contributed by atoms with van der Waals surface area (Å²) in [7, 11) is 1.83. The number of anilines is 1. The highest BCUT2D eigenvalue weighted by molar-refractivity contribution is 8.00. The van der Waals surface area contributed by atoms with Gasteiger partial charge in [-0.1, -0.05) is 0 Å². The summed E-state index contributed by atoms with van der Waals surface area (Å²) in [6, 6.07) is 6.22. The zero-order valence-electron chi connectivity index (χ0n) is 11.0. The fraction of sp³-hybridized carbons (Fsp3) is 0.308. The Morgan fingerprint density at radius 2 is 1.90 bits per heavy atom. The first-order valence-corrected chi connectivity index (χ1v) is 6.76. The third kappa shape index (κ3) is 4.19. The van der Waals surface area contributed by atoms with Gasteiger partial charge in [-0.05, 0) is 43.0 Å². The highest BCUT2D eigenvalue weighted by atomic mass is 32.2. The third-order valence-corrected chi connectivity index (χ3v) is 3.44. The molecule has 2 aromatic rings. The summed E-state index contributed by atoms with van der Waals surface area (Å²) in [5.74, 6) is 0. The SMILES string of the molecule is CC(Nc1ccc(SC(F)(F)F)cc1)c1cnn(C)c1. The molecule has 0 saturated carbocycles. The second-order valence-corrected chi connectivity index (χ2v) is 5.52. The van der Waals surface area contributed by atoms with E-state index in [1.54, 1.807) is 23.0 Å². The summed E-state index contributed by atoms with van der Waals surface area (Å²) in [5.41, 5.74) is -2.47. The van der Waals surface area contributed by atoms with Gasteiger partial charge in [0.15, 0.2) is 0 Å². The van der Waals surface area contributed by atoms with E-state index in [1.165, 1.54) is 12.1 Å². The Labute approximate surface area is 119 Å². The maximum atomic E-state index is 12.2. The van der Waals surface area contributed by atoms with Crippen LogP contribution in [0.25, 0.3) is 0 Å². The molecule has 1 atom stereocenters. The normalized spacial score (nSPS) is 13.2. The molecule has 2 rings (SSSR count). The molecule has 0 radical (unpaired) electrons. The molecule has 1 aromatic heterocycles. The first-order valence-electron chi connectivity index (χ1n) is 5.94. The summed E-state index contributed by atoms with van der Waals surface area (Å²) in [6.45, 7) is 1.97. The predicted molar refractivity (Wildman–Crippen MR) is 73.6 cm³/mol. The zero-order valence-corrected chi connectivity index (χ0v) is 11.8. The van der Waals surface area contributed by atoms with Crippen LogP contribution in [0.2, 0.25) is 0 Å². The van der Waals surface area contributed by atoms with E-state index in [2.05, 4.69) is 10.4 Å².